The van der Waals surface area contributed by atoms with Gasteiger partial charge in [0.2, 0.25) is 0 Å². The minimum atomic E-state index is -0.268. The van der Waals surface area contributed by atoms with Gasteiger partial charge in [-0.15, -0.1) is 0 Å². The molecule has 0 radical (unpaired) electrons. The minimum Gasteiger partial charge on any atom is -0.366 e. The van der Waals surface area contributed by atoms with E-state index < -0.39 is 0 Å². The number of rotatable bonds is 2. The molecule has 1 saturated heterocycles. The summed E-state index contributed by atoms with van der Waals surface area (Å²) in [6.45, 7) is 3.08. The molecule has 2 aromatic heterocycles. The third-order valence-corrected chi connectivity index (χ3v) is 5.74. The van der Waals surface area contributed by atoms with Gasteiger partial charge in [0.05, 0.1) is 11.4 Å². The Morgan fingerprint density at radius 2 is 1.78 bits per heavy atom. The maximum atomic E-state index is 14.3. The van der Waals surface area contributed by atoms with Gasteiger partial charge in [-0.05, 0) is 43.9 Å². The number of aromatic nitrogens is 4. The van der Waals surface area contributed by atoms with Crippen molar-refractivity contribution in [3.05, 3.63) is 46.6 Å². The number of fused-ring (bicyclic) bond motifs is 2. The Hall–Kier alpha value is -2.41. The summed E-state index contributed by atoms with van der Waals surface area (Å²) in [6, 6.07) is 4.88. The summed E-state index contributed by atoms with van der Waals surface area (Å²) in [6.07, 6.45) is 5.95. The lowest BCUT2D eigenvalue weighted by molar-refractivity contribution is 0.588. The Morgan fingerprint density at radius 1 is 1.00 bits per heavy atom. The Balaban J connectivity index is 1.45. The van der Waals surface area contributed by atoms with Crippen molar-refractivity contribution in [1.82, 2.24) is 19.6 Å². The number of anilines is 2. The lowest BCUT2D eigenvalue weighted by Gasteiger charge is -2.38. The van der Waals surface area contributed by atoms with Gasteiger partial charge in [0.15, 0.2) is 0 Å². The molecule has 0 amide bonds. The van der Waals surface area contributed by atoms with Crippen LogP contribution in [-0.4, -0.2) is 45.8 Å². The molecule has 2 aliphatic rings. The second-order valence-corrected chi connectivity index (χ2v) is 7.55. The summed E-state index contributed by atoms with van der Waals surface area (Å²) in [5, 5.41) is 4.84. The van der Waals surface area contributed by atoms with Crippen LogP contribution in [0.3, 0.4) is 0 Å². The fourth-order valence-electron chi connectivity index (χ4n) is 4.18. The molecule has 1 aromatic carbocycles. The Kier molecular flexibility index (Phi) is 4.11. The predicted octanol–water partition coefficient (Wildman–Crippen LogP) is 3.12. The van der Waals surface area contributed by atoms with Gasteiger partial charge in [0.25, 0.3) is 5.78 Å². The van der Waals surface area contributed by atoms with Gasteiger partial charge in [0.1, 0.15) is 18.0 Å². The second-order valence-electron chi connectivity index (χ2n) is 7.11. The molecule has 0 bridgehead atoms. The van der Waals surface area contributed by atoms with Crippen LogP contribution in [-0.2, 0) is 12.8 Å². The molecule has 0 spiro atoms. The molecule has 27 heavy (non-hydrogen) atoms. The molecule has 0 N–H and O–H groups in total. The number of piperazine rings is 1. The average molecular weight is 387 g/mol. The molecule has 0 atom stereocenters. The Morgan fingerprint density at radius 3 is 2.59 bits per heavy atom. The van der Waals surface area contributed by atoms with Crippen LogP contribution in [0.1, 0.15) is 24.1 Å². The molecule has 5 rings (SSSR count). The van der Waals surface area contributed by atoms with Crippen LogP contribution in [0, 0.1) is 5.82 Å². The van der Waals surface area contributed by atoms with Crippen LogP contribution in [0.15, 0.2) is 24.5 Å². The van der Waals surface area contributed by atoms with E-state index in [0.717, 1.165) is 50.5 Å². The van der Waals surface area contributed by atoms with Crippen molar-refractivity contribution in [1.29, 1.82) is 0 Å². The highest BCUT2D eigenvalue weighted by Gasteiger charge is 2.27. The summed E-state index contributed by atoms with van der Waals surface area (Å²) >= 11 is 5.88. The van der Waals surface area contributed by atoms with Crippen LogP contribution < -0.4 is 9.80 Å². The van der Waals surface area contributed by atoms with Gasteiger partial charge in [-0.25, -0.2) is 9.37 Å². The van der Waals surface area contributed by atoms with Crippen molar-refractivity contribution in [2.75, 3.05) is 36.0 Å². The lowest BCUT2D eigenvalue weighted by Crippen LogP contribution is -2.48. The van der Waals surface area contributed by atoms with E-state index in [4.69, 9.17) is 16.6 Å². The summed E-state index contributed by atoms with van der Waals surface area (Å²) in [7, 11) is 0. The average Bonchev–Trinajstić information content (AvgIpc) is 3.14. The van der Waals surface area contributed by atoms with E-state index in [0.29, 0.717) is 16.5 Å². The van der Waals surface area contributed by atoms with Crippen LogP contribution in [0.4, 0.5) is 15.9 Å². The van der Waals surface area contributed by atoms with E-state index in [1.165, 1.54) is 24.5 Å². The molecule has 0 unspecified atom stereocenters. The predicted molar refractivity (Wildman–Crippen MR) is 103 cm³/mol. The topological polar surface area (TPSA) is 49.6 Å². The standard InChI is InChI=1S/C19H20ClFN6/c20-13-5-6-17(15(21)11-13)25-7-9-26(10-8-25)18-14-3-1-2-4-16(14)24-19-22-12-23-27(18)19/h5-6,11-12H,1-4,7-10H2. The van der Waals surface area contributed by atoms with Gasteiger partial charge in [-0.3, -0.25) is 0 Å². The largest absolute Gasteiger partial charge is 0.366 e. The smallest absolute Gasteiger partial charge is 0.254 e. The highest BCUT2D eigenvalue weighted by Crippen LogP contribution is 2.31. The lowest BCUT2D eigenvalue weighted by atomic mass is 9.96. The summed E-state index contributed by atoms with van der Waals surface area (Å²) < 4.78 is 16.1. The molecule has 3 aromatic rings. The Bertz CT molecular complexity index is 995. The molecular formula is C19H20ClFN6. The van der Waals surface area contributed by atoms with Crippen molar-refractivity contribution >= 4 is 28.9 Å². The second kappa shape index (κ2) is 6.64. The van der Waals surface area contributed by atoms with Crippen molar-refractivity contribution in [2.24, 2.45) is 0 Å². The maximum absolute atomic E-state index is 14.3. The molecule has 0 saturated carbocycles. The van der Waals surface area contributed by atoms with Crippen LogP contribution >= 0.6 is 11.6 Å². The molecule has 8 heteroatoms. The Labute approximate surface area is 161 Å². The van der Waals surface area contributed by atoms with E-state index in [9.17, 15) is 4.39 Å². The number of halogens is 2. The SMILES string of the molecule is Fc1cc(Cl)ccc1N1CCN(c2c3c(nc4ncnn24)CCCC3)CC1. The normalized spacial score (nSPS) is 17.4. The van der Waals surface area contributed by atoms with E-state index >= 15 is 0 Å². The number of benzene rings is 1. The van der Waals surface area contributed by atoms with Crippen molar-refractivity contribution < 1.29 is 4.39 Å². The third kappa shape index (κ3) is 2.90. The number of aryl methyl sites for hydroxylation is 1. The van der Waals surface area contributed by atoms with E-state index in [-0.39, 0.29) is 5.82 Å². The zero-order valence-electron chi connectivity index (χ0n) is 14.9. The van der Waals surface area contributed by atoms with Crippen LogP contribution in [0.5, 0.6) is 0 Å². The number of hydrogen-bond donors (Lipinski definition) is 0. The first-order valence-electron chi connectivity index (χ1n) is 9.37. The first kappa shape index (κ1) is 16.7. The van der Waals surface area contributed by atoms with Gasteiger partial charge < -0.3 is 9.80 Å². The zero-order valence-corrected chi connectivity index (χ0v) is 15.7. The quantitative estimate of drug-likeness (QED) is 0.677. The maximum Gasteiger partial charge on any atom is 0.254 e. The van der Waals surface area contributed by atoms with Crippen molar-refractivity contribution in [3.63, 3.8) is 0 Å². The van der Waals surface area contributed by atoms with Gasteiger partial charge in [-0.2, -0.15) is 14.6 Å². The molecule has 3 heterocycles. The number of nitrogens with zero attached hydrogens (tertiary/aromatic N) is 6. The van der Waals surface area contributed by atoms with E-state index in [1.807, 2.05) is 4.52 Å². The van der Waals surface area contributed by atoms with Crippen LogP contribution in [0.2, 0.25) is 5.02 Å². The third-order valence-electron chi connectivity index (χ3n) is 5.50. The minimum absolute atomic E-state index is 0.268. The fraction of sp³-hybridized carbons (Fsp3) is 0.421. The molecule has 1 aliphatic heterocycles. The summed E-state index contributed by atoms with van der Waals surface area (Å²) in [5.41, 5.74) is 3.06. The monoisotopic (exact) mass is 386 g/mol. The zero-order chi connectivity index (χ0) is 18.4. The molecule has 1 fully saturated rings. The molecule has 140 valence electrons. The molecule has 1 aliphatic carbocycles. The first-order valence-corrected chi connectivity index (χ1v) is 9.75. The molecular weight excluding hydrogens is 367 g/mol. The highest BCUT2D eigenvalue weighted by molar-refractivity contribution is 6.30. The fourth-order valence-corrected chi connectivity index (χ4v) is 4.34. The highest BCUT2D eigenvalue weighted by atomic mass is 35.5. The van der Waals surface area contributed by atoms with Crippen molar-refractivity contribution in [3.8, 4) is 0 Å². The first-order chi connectivity index (χ1) is 13.2. The van der Waals surface area contributed by atoms with Gasteiger partial charge in [0, 0.05) is 36.8 Å². The molecule has 6 nitrogen and oxygen atoms in total. The van der Waals surface area contributed by atoms with Crippen LogP contribution in [0.25, 0.3) is 5.78 Å². The van der Waals surface area contributed by atoms with Gasteiger partial charge in [-0.1, -0.05) is 11.6 Å². The van der Waals surface area contributed by atoms with Gasteiger partial charge >= 0.3 is 0 Å². The number of hydrogen-bond acceptors (Lipinski definition) is 5. The van der Waals surface area contributed by atoms with E-state index in [1.54, 1.807) is 18.5 Å². The van der Waals surface area contributed by atoms with Crippen molar-refractivity contribution in [2.45, 2.75) is 25.7 Å². The summed E-state index contributed by atoms with van der Waals surface area (Å²) in [5.74, 6) is 1.51. The summed E-state index contributed by atoms with van der Waals surface area (Å²) in [4.78, 5) is 13.4. The van der Waals surface area contributed by atoms with E-state index in [2.05, 4.69) is 19.9 Å².